The molecule has 0 aliphatic carbocycles. The summed E-state index contributed by atoms with van der Waals surface area (Å²) in [6, 6.07) is 10.5. The second kappa shape index (κ2) is 8.64. The van der Waals surface area contributed by atoms with Crippen LogP contribution in [0.4, 0.5) is 0 Å². The number of hydrogen-bond donors (Lipinski definition) is 1. The summed E-state index contributed by atoms with van der Waals surface area (Å²) in [7, 11) is 1.83. The Bertz CT molecular complexity index is 690. The van der Waals surface area contributed by atoms with E-state index in [2.05, 4.69) is 10.2 Å². The number of nitrogens with zero attached hydrogens (tertiary/aromatic N) is 2. The van der Waals surface area contributed by atoms with Crippen LogP contribution in [0.15, 0.2) is 30.3 Å². The fourth-order valence-corrected chi connectivity index (χ4v) is 5.60. The Kier molecular flexibility index (Phi) is 6.00. The van der Waals surface area contributed by atoms with E-state index in [9.17, 15) is 9.59 Å². The lowest BCUT2D eigenvalue weighted by Gasteiger charge is -2.44. The monoisotopic (exact) mass is 383 g/mol. The Morgan fingerprint density at radius 1 is 1.07 bits per heavy atom. The SMILES string of the molecule is CN1C(=O)CC[C@@H](C(=O)NC[C@H]2CCCN3CCCC[C@H]23)[C@@H]1c1ccccc1. The molecule has 3 saturated heterocycles. The predicted octanol–water partition coefficient (Wildman–Crippen LogP) is 2.98. The molecular weight excluding hydrogens is 350 g/mol. The lowest BCUT2D eigenvalue weighted by Crippen LogP contribution is -2.52. The van der Waals surface area contributed by atoms with Gasteiger partial charge in [0.15, 0.2) is 0 Å². The molecule has 5 heteroatoms. The van der Waals surface area contributed by atoms with Crippen LogP contribution in [-0.2, 0) is 9.59 Å². The molecule has 152 valence electrons. The number of likely N-dealkylation sites (tertiary alicyclic amines) is 1. The first-order valence-corrected chi connectivity index (χ1v) is 11.0. The van der Waals surface area contributed by atoms with Crippen LogP contribution in [0, 0.1) is 11.8 Å². The van der Waals surface area contributed by atoms with Crippen LogP contribution in [0.2, 0.25) is 0 Å². The zero-order valence-corrected chi connectivity index (χ0v) is 17.0. The summed E-state index contributed by atoms with van der Waals surface area (Å²) in [5.41, 5.74) is 1.05. The number of benzene rings is 1. The highest BCUT2D eigenvalue weighted by Gasteiger charge is 2.39. The molecule has 0 unspecified atom stereocenters. The molecule has 0 radical (unpaired) electrons. The lowest BCUT2D eigenvalue weighted by molar-refractivity contribution is -0.141. The summed E-state index contributed by atoms with van der Waals surface area (Å²) < 4.78 is 0. The fraction of sp³-hybridized carbons (Fsp3) is 0.652. The quantitative estimate of drug-likeness (QED) is 0.870. The number of piperidine rings is 3. The van der Waals surface area contributed by atoms with Crippen LogP contribution in [0.1, 0.15) is 56.6 Å². The summed E-state index contributed by atoms with van der Waals surface area (Å²) in [6.07, 6.45) is 7.45. The van der Waals surface area contributed by atoms with Gasteiger partial charge < -0.3 is 15.1 Å². The molecule has 1 aromatic carbocycles. The molecule has 3 aliphatic heterocycles. The molecule has 0 saturated carbocycles. The Hall–Kier alpha value is -1.88. The first-order chi connectivity index (χ1) is 13.6. The lowest BCUT2D eigenvalue weighted by atomic mass is 9.82. The molecule has 0 bridgehead atoms. The number of rotatable bonds is 4. The third kappa shape index (κ3) is 3.95. The zero-order valence-electron chi connectivity index (χ0n) is 17.0. The highest BCUT2D eigenvalue weighted by molar-refractivity contribution is 5.84. The highest BCUT2D eigenvalue weighted by atomic mass is 16.2. The number of hydrogen-bond acceptors (Lipinski definition) is 3. The van der Waals surface area contributed by atoms with Crippen molar-refractivity contribution in [3.05, 3.63) is 35.9 Å². The van der Waals surface area contributed by atoms with Gasteiger partial charge in [0.2, 0.25) is 11.8 Å². The van der Waals surface area contributed by atoms with E-state index in [1.54, 1.807) is 4.90 Å². The van der Waals surface area contributed by atoms with Gasteiger partial charge in [-0.25, -0.2) is 0 Å². The largest absolute Gasteiger partial charge is 0.355 e. The fourth-order valence-electron chi connectivity index (χ4n) is 5.60. The first-order valence-electron chi connectivity index (χ1n) is 11.0. The smallest absolute Gasteiger partial charge is 0.225 e. The Morgan fingerprint density at radius 2 is 1.86 bits per heavy atom. The van der Waals surface area contributed by atoms with Crippen molar-refractivity contribution in [2.75, 3.05) is 26.7 Å². The number of amides is 2. The van der Waals surface area contributed by atoms with E-state index in [1.807, 2.05) is 37.4 Å². The molecule has 0 spiro atoms. The van der Waals surface area contributed by atoms with Crippen LogP contribution in [0.25, 0.3) is 0 Å². The van der Waals surface area contributed by atoms with E-state index in [-0.39, 0.29) is 23.8 Å². The average molecular weight is 384 g/mol. The number of fused-ring (bicyclic) bond motifs is 1. The molecule has 28 heavy (non-hydrogen) atoms. The topological polar surface area (TPSA) is 52.7 Å². The van der Waals surface area contributed by atoms with Crippen molar-refractivity contribution >= 4 is 11.8 Å². The molecule has 1 aromatic rings. The van der Waals surface area contributed by atoms with Gasteiger partial charge in [-0.15, -0.1) is 0 Å². The van der Waals surface area contributed by atoms with Crippen molar-refractivity contribution in [1.29, 1.82) is 0 Å². The Morgan fingerprint density at radius 3 is 2.68 bits per heavy atom. The summed E-state index contributed by atoms with van der Waals surface area (Å²) in [5, 5.41) is 3.29. The van der Waals surface area contributed by atoms with E-state index in [0.717, 1.165) is 12.1 Å². The molecule has 0 aromatic heterocycles. The van der Waals surface area contributed by atoms with Gasteiger partial charge >= 0.3 is 0 Å². The van der Waals surface area contributed by atoms with Gasteiger partial charge in [-0.05, 0) is 56.7 Å². The van der Waals surface area contributed by atoms with Crippen LogP contribution >= 0.6 is 0 Å². The maximum atomic E-state index is 13.2. The van der Waals surface area contributed by atoms with E-state index >= 15 is 0 Å². The van der Waals surface area contributed by atoms with Crippen LogP contribution < -0.4 is 5.32 Å². The molecule has 3 fully saturated rings. The van der Waals surface area contributed by atoms with Crippen molar-refractivity contribution < 1.29 is 9.59 Å². The van der Waals surface area contributed by atoms with Gasteiger partial charge in [-0.2, -0.15) is 0 Å². The molecule has 3 aliphatic rings. The van der Waals surface area contributed by atoms with E-state index in [1.165, 1.54) is 45.2 Å². The Labute approximate surface area is 168 Å². The predicted molar refractivity (Wildman–Crippen MR) is 110 cm³/mol. The summed E-state index contributed by atoms with van der Waals surface area (Å²) in [6.45, 7) is 3.22. The van der Waals surface area contributed by atoms with Gasteiger partial charge in [0.25, 0.3) is 0 Å². The minimum atomic E-state index is -0.170. The molecule has 1 N–H and O–H groups in total. The summed E-state index contributed by atoms with van der Waals surface area (Å²) >= 11 is 0. The molecular formula is C23H33N3O2. The highest BCUT2D eigenvalue weighted by Crippen LogP contribution is 2.36. The molecule has 4 rings (SSSR count). The third-order valence-electron chi connectivity index (χ3n) is 7.11. The van der Waals surface area contributed by atoms with Crippen molar-refractivity contribution in [1.82, 2.24) is 15.1 Å². The second-order valence-electron chi connectivity index (χ2n) is 8.75. The van der Waals surface area contributed by atoms with E-state index < -0.39 is 0 Å². The molecule has 2 amide bonds. The van der Waals surface area contributed by atoms with E-state index in [0.29, 0.717) is 24.8 Å². The van der Waals surface area contributed by atoms with Gasteiger partial charge in [0, 0.05) is 26.1 Å². The minimum absolute atomic E-state index is 0.112. The van der Waals surface area contributed by atoms with Crippen molar-refractivity contribution in [2.24, 2.45) is 11.8 Å². The summed E-state index contributed by atoms with van der Waals surface area (Å²) in [5.74, 6) is 0.636. The van der Waals surface area contributed by atoms with Crippen molar-refractivity contribution in [3.63, 3.8) is 0 Å². The van der Waals surface area contributed by atoms with Crippen molar-refractivity contribution in [3.8, 4) is 0 Å². The molecule has 3 heterocycles. The Balaban J connectivity index is 1.43. The first kappa shape index (κ1) is 19.4. The van der Waals surface area contributed by atoms with Crippen LogP contribution in [-0.4, -0.2) is 54.3 Å². The van der Waals surface area contributed by atoms with Gasteiger partial charge in [0.1, 0.15) is 0 Å². The number of carbonyl (C=O) groups excluding carboxylic acids is 2. The minimum Gasteiger partial charge on any atom is -0.355 e. The normalized spacial score (nSPS) is 31.3. The maximum Gasteiger partial charge on any atom is 0.225 e. The number of carbonyl (C=O) groups is 2. The van der Waals surface area contributed by atoms with Gasteiger partial charge in [-0.1, -0.05) is 36.8 Å². The molecule has 5 nitrogen and oxygen atoms in total. The maximum absolute atomic E-state index is 13.2. The summed E-state index contributed by atoms with van der Waals surface area (Å²) in [4.78, 5) is 29.9. The standard InChI is InChI=1S/C23H33N3O2/c1-25-21(27)13-12-19(22(25)17-8-3-2-4-9-17)23(28)24-16-18-10-7-15-26-14-6-5-11-20(18)26/h2-4,8-9,18-20,22H,5-7,10-16H2,1H3,(H,24,28)/t18-,19-,20-,22+/m1/s1. The molecule has 4 atom stereocenters. The average Bonchev–Trinajstić information content (AvgIpc) is 2.74. The van der Waals surface area contributed by atoms with Crippen LogP contribution in [0.5, 0.6) is 0 Å². The zero-order chi connectivity index (χ0) is 19.5. The van der Waals surface area contributed by atoms with Crippen LogP contribution in [0.3, 0.4) is 0 Å². The van der Waals surface area contributed by atoms with Gasteiger partial charge in [-0.3, -0.25) is 9.59 Å². The van der Waals surface area contributed by atoms with Gasteiger partial charge in [0.05, 0.1) is 12.0 Å². The number of nitrogens with one attached hydrogen (secondary N) is 1. The van der Waals surface area contributed by atoms with E-state index in [4.69, 9.17) is 0 Å². The second-order valence-corrected chi connectivity index (χ2v) is 8.75. The van der Waals surface area contributed by atoms with Crippen molar-refractivity contribution in [2.45, 2.75) is 57.0 Å². The third-order valence-corrected chi connectivity index (χ3v) is 7.11.